The molecule has 0 saturated heterocycles. The van der Waals surface area contributed by atoms with Gasteiger partial charge in [0.1, 0.15) is 0 Å². The van der Waals surface area contributed by atoms with E-state index in [0.717, 1.165) is 0 Å². The summed E-state index contributed by atoms with van der Waals surface area (Å²) in [6.07, 6.45) is 0. The van der Waals surface area contributed by atoms with Crippen molar-refractivity contribution >= 4 is 86.2 Å². The molecular formula is C46H30. The summed E-state index contributed by atoms with van der Waals surface area (Å²) >= 11 is 0. The second-order valence-corrected chi connectivity index (χ2v) is 13.8. The van der Waals surface area contributed by atoms with Crippen molar-refractivity contribution in [3.05, 3.63) is 131 Å². The van der Waals surface area contributed by atoms with Gasteiger partial charge in [0, 0.05) is 0 Å². The average molecular weight is 583 g/mol. The van der Waals surface area contributed by atoms with Crippen LogP contribution in [0.3, 0.4) is 0 Å². The van der Waals surface area contributed by atoms with Crippen LogP contribution in [0.4, 0.5) is 0 Å². The van der Waals surface area contributed by atoms with Crippen molar-refractivity contribution in [1.29, 1.82) is 0 Å². The van der Waals surface area contributed by atoms with Gasteiger partial charge in [-0.3, -0.25) is 0 Å². The lowest BCUT2D eigenvalue weighted by molar-refractivity contribution is 1.25. The lowest BCUT2D eigenvalue weighted by Gasteiger charge is -2.18. The van der Waals surface area contributed by atoms with Gasteiger partial charge >= 0.3 is 0 Å². The van der Waals surface area contributed by atoms with Gasteiger partial charge in [-0.15, -0.1) is 0 Å². The molecule has 1 aliphatic rings. The molecule has 0 amide bonds. The predicted octanol–water partition coefficient (Wildman–Crippen LogP) is 13.2. The Balaban J connectivity index is 1.29. The molecule has 0 N–H and O–H groups in total. The third kappa shape index (κ3) is 2.87. The molecule has 0 aromatic heterocycles. The fraction of sp³-hybridized carbons (Fsp3) is 0.0870. The van der Waals surface area contributed by atoms with E-state index in [1.165, 1.54) is 131 Å². The van der Waals surface area contributed by atoms with E-state index >= 15 is 0 Å². The topological polar surface area (TPSA) is 0 Å². The summed E-state index contributed by atoms with van der Waals surface area (Å²) < 4.78 is 0. The summed E-state index contributed by atoms with van der Waals surface area (Å²) in [6, 6.07) is 42.3. The molecule has 0 heterocycles. The van der Waals surface area contributed by atoms with Crippen LogP contribution in [-0.4, -0.2) is 0 Å². The summed E-state index contributed by atoms with van der Waals surface area (Å²) in [4.78, 5) is 0. The van der Waals surface area contributed by atoms with Crippen molar-refractivity contribution < 1.29 is 0 Å². The predicted molar refractivity (Wildman–Crippen MR) is 201 cm³/mol. The van der Waals surface area contributed by atoms with E-state index in [9.17, 15) is 0 Å². The van der Waals surface area contributed by atoms with Crippen molar-refractivity contribution in [2.45, 2.75) is 27.7 Å². The second-order valence-electron chi connectivity index (χ2n) is 13.8. The quantitative estimate of drug-likeness (QED) is 0.123. The highest BCUT2D eigenvalue weighted by Crippen LogP contribution is 2.53. The molecule has 1 aliphatic carbocycles. The maximum absolute atomic E-state index is 2.49. The zero-order chi connectivity index (χ0) is 30.6. The monoisotopic (exact) mass is 582 g/mol. The standard InChI is InChI=1S/C46H30/c1-23-24(2)26(4)36-22-42-39-19-31-18-38-34-15-14-28-13-12-27-8-7-9-29-16-43(46(34)45(28)44(27)29)40(38)20-30(31)17-37(39)32-10-5-6-11-33(32)41(42)21-35(36)25(23)3/h5-22H,1-4H3. The summed E-state index contributed by atoms with van der Waals surface area (Å²) in [5.74, 6) is 0. The van der Waals surface area contributed by atoms with E-state index in [-0.39, 0.29) is 0 Å². The number of hydrogen-bond donors (Lipinski definition) is 0. The first kappa shape index (κ1) is 24.8. The van der Waals surface area contributed by atoms with Crippen LogP contribution in [0.5, 0.6) is 0 Å². The second kappa shape index (κ2) is 8.22. The Morgan fingerprint density at radius 2 is 0.761 bits per heavy atom. The van der Waals surface area contributed by atoms with Crippen LogP contribution in [0.1, 0.15) is 22.3 Å². The molecule has 0 fully saturated rings. The molecule has 214 valence electrons. The molecule has 0 heteroatoms. The van der Waals surface area contributed by atoms with Gasteiger partial charge in [0.25, 0.3) is 0 Å². The van der Waals surface area contributed by atoms with Crippen molar-refractivity contribution in [2.24, 2.45) is 0 Å². The van der Waals surface area contributed by atoms with E-state index < -0.39 is 0 Å². The van der Waals surface area contributed by atoms with Crippen LogP contribution in [0.15, 0.2) is 109 Å². The van der Waals surface area contributed by atoms with Gasteiger partial charge in [0.15, 0.2) is 0 Å². The van der Waals surface area contributed by atoms with Gasteiger partial charge in [0.05, 0.1) is 0 Å². The molecule has 10 aromatic carbocycles. The van der Waals surface area contributed by atoms with Crippen LogP contribution in [0, 0.1) is 27.7 Å². The highest BCUT2D eigenvalue weighted by molar-refractivity contribution is 6.33. The zero-order valence-electron chi connectivity index (χ0n) is 26.4. The van der Waals surface area contributed by atoms with Gasteiger partial charge in [-0.2, -0.15) is 0 Å². The summed E-state index contributed by atoms with van der Waals surface area (Å²) in [5.41, 5.74) is 11.0. The molecule has 0 radical (unpaired) electrons. The lowest BCUT2D eigenvalue weighted by Crippen LogP contribution is -1.95. The Labute approximate surface area is 266 Å². The molecule has 0 bridgehead atoms. The molecule has 11 rings (SSSR count). The van der Waals surface area contributed by atoms with Crippen LogP contribution >= 0.6 is 0 Å². The number of hydrogen-bond acceptors (Lipinski definition) is 0. The van der Waals surface area contributed by atoms with Crippen LogP contribution in [0.2, 0.25) is 0 Å². The minimum absolute atomic E-state index is 1.30. The molecular weight excluding hydrogens is 553 g/mol. The maximum atomic E-state index is 2.49. The van der Waals surface area contributed by atoms with Crippen molar-refractivity contribution in [2.75, 3.05) is 0 Å². The Morgan fingerprint density at radius 1 is 0.261 bits per heavy atom. The fourth-order valence-corrected chi connectivity index (χ4v) is 9.11. The smallest absolute Gasteiger partial charge is 0.00137 e. The Hall–Kier alpha value is -5.46. The van der Waals surface area contributed by atoms with Crippen LogP contribution < -0.4 is 0 Å². The van der Waals surface area contributed by atoms with Gasteiger partial charge in [-0.1, -0.05) is 66.7 Å². The number of rotatable bonds is 0. The third-order valence-corrected chi connectivity index (χ3v) is 11.8. The maximum Gasteiger partial charge on any atom is -0.00137 e. The first-order valence-electron chi connectivity index (χ1n) is 16.4. The summed E-state index contributed by atoms with van der Waals surface area (Å²) in [6.45, 7) is 9.13. The zero-order valence-corrected chi connectivity index (χ0v) is 26.4. The fourth-order valence-electron chi connectivity index (χ4n) is 9.11. The first-order chi connectivity index (χ1) is 22.5. The van der Waals surface area contributed by atoms with Crippen LogP contribution in [0.25, 0.3) is 108 Å². The van der Waals surface area contributed by atoms with Crippen molar-refractivity contribution in [3.63, 3.8) is 0 Å². The SMILES string of the molecule is Cc1c(C)c(C)c2cc3c4cc5cc6c(cc5cc4c4ccccc4c3cc2c1C)-c1cc2cccc3ccc4ccc-6c1c4c32. The summed E-state index contributed by atoms with van der Waals surface area (Å²) in [5, 5.41) is 21.6. The summed E-state index contributed by atoms with van der Waals surface area (Å²) in [7, 11) is 0. The minimum atomic E-state index is 1.30. The van der Waals surface area contributed by atoms with Crippen molar-refractivity contribution in [1.82, 2.24) is 0 Å². The van der Waals surface area contributed by atoms with E-state index in [1.807, 2.05) is 0 Å². The average Bonchev–Trinajstić information content (AvgIpc) is 3.40. The number of aryl methyl sites for hydroxylation is 2. The van der Waals surface area contributed by atoms with Crippen molar-refractivity contribution in [3.8, 4) is 22.3 Å². The molecule has 0 atom stereocenters. The van der Waals surface area contributed by atoms with E-state index in [1.54, 1.807) is 0 Å². The van der Waals surface area contributed by atoms with Crippen LogP contribution in [-0.2, 0) is 0 Å². The highest BCUT2D eigenvalue weighted by atomic mass is 14.3. The van der Waals surface area contributed by atoms with E-state index in [4.69, 9.17) is 0 Å². The molecule has 10 aromatic rings. The van der Waals surface area contributed by atoms with Gasteiger partial charge in [-0.05, 0) is 201 Å². The van der Waals surface area contributed by atoms with E-state index in [2.05, 4.69) is 137 Å². The molecule has 46 heavy (non-hydrogen) atoms. The van der Waals surface area contributed by atoms with Gasteiger partial charge in [0.2, 0.25) is 0 Å². The third-order valence-electron chi connectivity index (χ3n) is 11.8. The minimum Gasteiger partial charge on any atom is -0.0616 e. The number of benzene rings is 10. The normalized spacial score (nSPS) is 12.8. The molecule has 0 saturated carbocycles. The molecule has 0 spiro atoms. The Morgan fingerprint density at radius 3 is 1.43 bits per heavy atom. The highest BCUT2D eigenvalue weighted by Gasteiger charge is 2.25. The lowest BCUT2D eigenvalue weighted by atomic mass is 9.86. The Bertz CT molecular complexity index is 3040. The first-order valence-corrected chi connectivity index (χ1v) is 16.4. The molecule has 0 nitrogen and oxygen atoms in total. The van der Waals surface area contributed by atoms with Gasteiger partial charge < -0.3 is 0 Å². The molecule has 0 unspecified atom stereocenters. The largest absolute Gasteiger partial charge is 0.0616 e. The molecule has 0 aliphatic heterocycles. The Kier molecular flexibility index (Phi) is 4.43. The van der Waals surface area contributed by atoms with E-state index in [0.29, 0.717) is 0 Å². The number of fused-ring (bicyclic) bond motifs is 11. The van der Waals surface area contributed by atoms with Gasteiger partial charge in [-0.25, -0.2) is 0 Å².